The van der Waals surface area contributed by atoms with Gasteiger partial charge in [0.05, 0.1) is 25.7 Å². The molecule has 0 spiro atoms. The third-order valence-electron chi connectivity index (χ3n) is 3.81. The molecule has 7 heteroatoms. The van der Waals surface area contributed by atoms with Crippen molar-refractivity contribution in [1.29, 1.82) is 0 Å². The van der Waals surface area contributed by atoms with E-state index in [0.717, 1.165) is 6.42 Å². The fourth-order valence-electron chi connectivity index (χ4n) is 2.59. The molecule has 2 rings (SSSR count). The normalized spacial score (nSPS) is 17.4. The number of morpholine rings is 1. The second-order valence-corrected chi connectivity index (χ2v) is 5.66. The van der Waals surface area contributed by atoms with E-state index in [1.807, 2.05) is 6.92 Å². The molecule has 2 amide bonds. The summed E-state index contributed by atoms with van der Waals surface area (Å²) in [7, 11) is 0. The maximum Gasteiger partial charge on any atom is 0.305 e. The maximum absolute atomic E-state index is 12.7. The van der Waals surface area contributed by atoms with Crippen LogP contribution in [0.15, 0.2) is 24.3 Å². The lowest BCUT2D eigenvalue weighted by Gasteiger charge is -2.35. The summed E-state index contributed by atoms with van der Waals surface area (Å²) in [4.78, 5) is 37.2. The minimum absolute atomic E-state index is 0.164. The van der Waals surface area contributed by atoms with Crippen LogP contribution >= 0.6 is 0 Å². The van der Waals surface area contributed by atoms with Crippen LogP contribution in [-0.2, 0) is 9.53 Å². The maximum atomic E-state index is 12.7. The minimum atomic E-state index is -0.976. The van der Waals surface area contributed by atoms with E-state index in [-0.39, 0.29) is 24.8 Å². The fraction of sp³-hybridized carbons (Fsp3) is 0.471. The molecule has 0 aromatic heterocycles. The molecule has 0 aliphatic carbocycles. The van der Waals surface area contributed by atoms with Crippen LogP contribution in [0.4, 0.5) is 0 Å². The highest BCUT2D eigenvalue weighted by molar-refractivity contribution is 5.99. The van der Waals surface area contributed by atoms with Crippen molar-refractivity contribution in [2.24, 2.45) is 0 Å². The SMILES string of the molecule is CCCNC(=O)c1cccc(C(=O)N2CCOCC2CC(=O)O)c1. The summed E-state index contributed by atoms with van der Waals surface area (Å²) in [5.41, 5.74) is 0.786. The smallest absolute Gasteiger partial charge is 0.305 e. The van der Waals surface area contributed by atoms with E-state index in [0.29, 0.717) is 30.8 Å². The molecular formula is C17H22N2O5. The highest BCUT2D eigenvalue weighted by atomic mass is 16.5. The van der Waals surface area contributed by atoms with Crippen LogP contribution < -0.4 is 5.32 Å². The van der Waals surface area contributed by atoms with Crippen molar-refractivity contribution in [1.82, 2.24) is 10.2 Å². The molecule has 1 aromatic rings. The number of ether oxygens (including phenoxy) is 1. The van der Waals surface area contributed by atoms with E-state index in [4.69, 9.17) is 9.84 Å². The van der Waals surface area contributed by atoms with Gasteiger partial charge in [-0.2, -0.15) is 0 Å². The molecule has 1 aliphatic heterocycles. The van der Waals surface area contributed by atoms with Gasteiger partial charge in [-0.25, -0.2) is 0 Å². The summed E-state index contributed by atoms with van der Waals surface area (Å²) >= 11 is 0. The number of hydrogen-bond acceptors (Lipinski definition) is 4. The van der Waals surface area contributed by atoms with Crippen molar-refractivity contribution in [2.45, 2.75) is 25.8 Å². The first-order valence-electron chi connectivity index (χ1n) is 8.01. The van der Waals surface area contributed by atoms with Crippen LogP contribution in [0, 0.1) is 0 Å². The molecule has 1 unspecified atom stereocenters. The van der Waals surface area contributed by atoms with Gasteiger partial charge < -0.3 is 20.1 Å². The minimum Gasteiger partial charge on any atom is -0.481 e. The Hall–Kier alpha value is -2.41. The molecule has 0 radical (unpaired) electrons. The van der Waals surface area contributed by atoms with Gasteiger partial charge in [0, 0.05) is 24.2 Å². The lowest BCUT2D eigenvalue weighted by Crippen LogP contribution is -2.49. The lowest BCUT2D eigenvalue weighted by atomic mass is 10.1. The number of aliphatic carboxylic acids is 1. The lowest BCUT2D eigenvalue weighted by molar-refractivity contribution is -0.139. The van der Waals surface area contributed by atoms with Crippen molar-refractivity contribution in [3.63, 3.8) is 0 Å². The molecule has 130 valence electrons. The number of carboxylic acids is 1. The first-order chi connectivity index (χ1) is 11.5. The molecular weight excluding hydrogens is 312 g/mol. The Labute approximate surface area is 140 Å². The monoisotopic (exact) mass is 334 g/mol. The Bertz CT molecular complexity index is 617. The Morgan fingerprint density at radius 1 is 1.33 bits per heavy atom. The molecule has 1 saturated heterocycles. The highest BCUT2D eigenvalue weighted by Crippen LogP contribution is 2.16. The second kappa shape index (κ2) is 8.44. The number of rotatable bonds is 6. The van der Waals surface area contributed by atoms with Crippen molar-refractivity contribution in [3.05, 3.63) is 35.4 Å². The van der Waals surface area contributed by atoms with Crippen molar-refractivity contribution >= 4 is 17.8 Å². The van der Waals surface area contributed by atoms with E-state index in [2.05, 4.69) is 5.32 Å². The molecule has 1 aliphatic rings. The van der Waals surface area contributed by atoms with E-state index in [9.17, 15) is 14.4 Å². The average Bonchev–Trinajstić information content (AvgIpc) is 2.59. The number of benzene rings is 1. The second-order valence-electron chi connectivity index (χ2n) is 5.66. The summed E-state index contributed by atoms with van der Waals surface area (Å²) in [5.74, 6) is -1.48. The number of nitrogens with one attached hydrogen (secondary N) is 1. The number of amides is 2. The summed E-state index contributed by atoms with van der Waals surface area (Å²) in [6.07, 6.45) is 0.664. The highest BCUT2D eigenvalue weighted by Gasteiger charge is 2.30. The van der Waals surface area contributed by atoms with Crippen LogP contribution in [0.3, 0.4) is 0 Å². The van der Waals surface area contributed by atoms with Crippen LogP contribution in [0.5, 0.6) is 0 Å². The molecule has 24 heavy (non-hydrogen) atoms. The number of carboxylic acid groups (broad SMARTS) is 1. The van der Waals surface area contributed by atoms with Gasteiger partial charge >= 0.3 is 5.97 Å². The van der Waals surface area contributed by atoms with Crippen LogP contribution in [0.25, 0.3) is 0 Å². The first-order valence-corrected chi connectivity index (χ1v) is 8.01. The van der Waals surface area contributed by atoms with E-state index >= 15 is 0 Å². The average molecular weight is 334 g/mol. The van der Waals surface area contributed by atoms with Crippen molar-refractivity contribution in [2.75, 3.05) is 26.3 Å². The molecule has 0 saturated carbocycles. The Morgan fingerprint density at radius 2 is 2.08 bits per heavy atom. The zero-order chi connectivity index (χ0) is 17.5. The Balaban J connectivity index is 2.15. The van der Waals surface area contributed by atoms with E-state index in [1.165, 1.54) is 4.90 Å². The van der Waals surface area contributed by atoms with Gasteiger partial charge in [-0.05, 0) is 24.6 Å². The standard InChI is InChI=1S/C17H22N2O5/c1-2-6-18-16(22)12-4-3-5-13(9-12)17(23)19-7-8-24-11-14(19)10-15(20)21/h3-5,9,14H,2,6-8,10-11H2,1H3,(H,18,22)(H,20,21). The third-order valence-corrected chi connectivity index (χ3v) is 3.81. The van der Waals surface area contributed by atoms with Gasteiger partial charge in [-0.15, -0.1) is 0 Å². The predicted molar refractivity (Wildman–Crippen MR) is 87.0 cm³/mol. The number of carbonyl (C=O) groups is 3. The summed E-state index contributed by atoms with van der Waals surface area (Å²) < 4.78 is 5.28. The molecule has 2 N–H and O–H groups in total. The van der Waals surface area contributed by atoms with Gasteiger partial charge in [-0.3, -0.25) is 14.4 Å². The molecule has 7 nitrogen and oxygen atoms in total. The molecule has 1 fully saturated rings. The van der Waals surface area contributed by atoms with E-state index < -0.39 is 12.0 Å². The summed E-state index contributed by atoms with van der Waals surface area (Å²) in [5, 5.41) is 11.8. The number of nitrogens with zero attached hydrogens (tertiary/aromatic N) is 1. The Morgan fingerprint density at radius 3 is 2.79 bits per heavy atom. The third kappa shape index (κ3) is 4.55. The first kappa shape index (κ1) is 17.9. The summed E-state index contributed by atoms with van der Waals surface area (Å²) in [6, 6.07) is 5.98. The number of carbonyl (C=O) groups excluding carboxylic acids is 2. The van der Waals surface area contributed by atoms with E-state index in [1.54, 1.807) is 24.3 Å². The van der Waals surface area contributed by atoms with Crippen LogP contribution in [0.1, 0.15) is 40.5 Å². The van der Waals surface area contributed by atoms with Crippen molar-refractivity contribution in [3.8, 4) is 0 Å². The Kier molecular flexibility index (Phi) is 6.31. The largest absolute Gasteiger partial charge is 0.481 e. The predicted octanol–water partition coefficient (Wildman–Crippen LogP) is 1.14. The van der Waals surface area contributed by atoms with Gasteiger partial charge in [0.1, 0.15) is 0 Å². The summed E-state index contributed by atoms with van der Waals surface area (Å²) in [6.45, 7) is 3.44. The zero-order valence-electron chi connectivity index (χ0n) is 13.7. The molecule has 1 heterocycles. The van der Waals surface area contributed by atoms with Gasteiger partial charge in [0.15, 0.2) is 0 Å². The molecule has 1 aromatic carbocycles. The molecule has 0 bridgehead atoms. The van der Waals surface area contributed by atoms with Gasteiger partial charge in [0.25, 0.3) is 11.8 Å². The van der Waals surface area contributed by atoms with Crippen LogP contribution in [-0.4, -0.2) is 60.1 Å². The number of hydrogen-bond donors (Lipinski definition) is 2. The van der Waals surface area contributed by atoms with Gasteiger partial charge in [-0.1, -0.05) is 13.0 Å². The van der Waals surface area contributed by atoms with Crippen molar-refractivity contribution < 1.29 is 24.2 Å². The zero-order valence-corrected chi connectivity index (χ0v) is 13.7. The van der Waals surface area contributed by atoms with Crippen LogP contribution in [0.2, 0.25) is 0 Å². The van der Waals surface area contributed by atoms with Gasteiger partial charge in [0.2, 0.25) is 0 Å². The quantitative estimate of drug-likeness (QED) is 0.813. The molecule has 1 atom stereocenters. The topological polar surface area (TPSA) is 95.9 Å². The fourth-order valence-corrected chi connectivity index (χ4v) is 2.59.